The number of ether oxygens (including phenoxy) is 1. The Morgan fingerprint density at radius 2 is 2.11 bits per heavy atom. The summed E-state index contributed by atoms with van der Waals surface area (Å²) in [5.74, 6) is 2.58. The van der Waals surface area contributed by atoms with Gasteiger partial charge >= 0.3 is 0 Å². The molecule has 0 bridgehead atoms. The molecule has 1 aromatic carbocycles. The third-order valence-corrected chi connectivity index (χ3v) is 5.20. The fraction of sp³-hybridized carbons (Fsp3) is 0.316. The van der Waals surface area contributed by atoms with Crippen molar-refractivity contribution < 1.29 is 13.9 Å². The summed E-state index contributed by atoms with van der Waals surface area (Å²) in [6, 6.07) is 9.66. The SMILES string of the molecule is COc1ccccc1CCNC(=O)CSc1nnc(-c2ccoc2C)n1C. The van der Waals surface area contributed by atoms with E-state index in [1.54, 1.807) is 13.4 Å². The molecule has 0 aliphatic heterocycles. The van der Waals surface area contributed by atoms with Gasteiger partial charge in [-0.1, -0.05) is 30.0 Å². The monoisotopic (exact) mass is 386 g/mol. The second-order valence-electron chi connectivity index (χ2n) is 5.96. The smallest absolute Gasteiger partial charge is 0.230 e. The summed E-state index contributed by atoms with van der Waals surface area (Å²) in [4.78, 5) is 12.1. The van der Waals surface area contributed by atoms with Crippen molar-refractivity contribution in [1.29, 1.82) is 0 Å². The van der Waals surface area contributed by atoms with Gasteiger partial charge in [-0.3, -0.25) is 4.79 Å². The number of amides is 1. The first kappa shape index (κ1) is 19.0. The van der Waals surface area contributed by atoms with Gasteiger partial charge < -0.3 is 19.0 Å². The number of nitrogens with one attached hydrogen (secondary N) is 1. The second kappa shape index (κ2) is 8.77. The van der Waals surface area contributed by atoms with Crippen LogP contribution in [0.25, 0.3) is 11.4 Å². The van der Waals surface area contributed by atoms with Crippen molar-refractivity contribution in [2.75, 3.05) is 19.4 Å². The molecule has 0 radical (unpaired) electrons. The first-order chi connectivity index (χ1) is 13.1. The molecule has 3 aromatic rings. The molecule has 0 saturated carbocycles. The molecular formula is C19H22N4O3S. The Bertz CT molecular complexity index is 919. The highest BCUT2D eigenvalue weighted by molar-refractivity contribution is 7.99. The van der Waals surface area contributed by atoms with Crippen LogP contribution in [0.2, 0.25) is 0 Å². The maximum Gasteiger partial charge on any atom is 0.230 e. The molecule has 8 heteroatoms. The van der Waals surface area contributed by atoms with Gasteiger partial charge in [0.05, 0.1) is 24.7 Å². The number of nitrogens with zero attached hydrogens (tertiary/aromatic N) is 3. The van der Waals surface area contributed by atoms with E-state index in [4.69, 9.17) is 9.15 Å². The van der Waals surface area contributed by atoms with E-state index >= 15 is 0 Å². The van der Waals surface area contributed by atoms with Gasteiger partial charge in [0.15, 0.2) is 11.0 Å². The van der Waals surface area contributed by atoms with Crippen molar-refractivity contribution >= 4 is 17.7 Å². The largest absolute Gasteiger partial charge is 0.496 e. The molecule has 0 aliphatic rings. The maximum absolute atomic E-state index is 12.1. The molecule has 0 atom stereocenters. The van der Waals surface area contributed by atoms with Crippen molar-refractivity contribution in [1.82, 2.24) is 20.1 Å². The number of para-hydroxylation sites is 1. The lowest BCUT2D eigenvalue weighted by Gasteiger charge is -2.09. The predicted molar refractivity (Wildman–Crippen MR) is 104 cm³/mol. The van der Waals surface area contributed by atoms with Gasteiger partial charge in [0.1, 0.15) is 11.5 Å². The topological polar surface area (TPSA) is 82.2 Å². The van der Waals surface area contributed by atoms with E-state index in [9.17, 15) is 4.79 Å². The van der Waals surface area contributed by atoms with Gasteiger partial charge in [-0.15, -0.1) is 10.2 Å². The average molecular weight is 386 g/mol. The third kappa shape index (κ3) is 4.51. The zero-order chi connectivity index (χ0) is 19.2. The zero-order valence-electron chi connectivity index (χ0n) is 15.6. The number of aryl methyl sites for hydroxylation is 1. The van der Waals surface area contributed by atoms with E-state index in [2.05, 4.69) is 15.5 Å². The highest BCUT2D eigenvalue weighted by Gasteiger charge is 2.15. The molecule has 0 spiro atoms. The number of thioether (sulfide) groups is 1. The maximum atomic E-state index is 12.1. The summed E-state index contributed by atoms with van der Waals surface area (Å²) in [5.41, 5.74) is 1.97. The van der Waals surface area contributed by atoms with Crippen LogP contribution in [0.3, 0.4) is 0 Å². The van der Waals surface area contributed by atoms with Crippen molar-refractivity contribution in [3.8, 4) is 17.1 Å². The van der Waals surface area contributed by atoms with Crippen molar-refractivity contribution in [3.63, 3.8) is 0 Å². The summed E-state index contributed by atoms with van der Waals surface area (Å²) in [6.45, 7) is 2.43. The van der Waals surface area contributed by atoms with Crippen LogP contribution in [-0.2, 0) is 18.3 Å². The van der Waals surface area contributed by atoms with Crippen molar-refractivity contribution in [2.24, 2.45) is 7.05 Å². The van der Waals surface area contributed by atoms with Gasteiger partial charge in [0, 0.05) is 13.6 Å². The van der Waals surface area contributed by atoms with Gasteiger partial charge in [-0.05, 0) is 31.0 Å². The van der Waals surface area contributed by atoms with Crippen LogP contribution in [0.1, 0.15) is 11.3 Å². The van der Waals surface area contributed by atoms with Gasteiger partial charge in [0.25, 0.3) is 0 Å². The molecule has 2 aromatic heterocycles. The molecule has 1 amide bonds. The fourth-order valence-corrected chi connectivity index (χ4v) is 3.46. The number of furan rings is 1. The van der Waals surface area contributed by atoms with Gasteiger partial charge in [0.2, 0.25) is 5.91 Å². The number of aromatic nitrogens is 3. The molecule has 142 valence electrons. The first-order valence-corrected chi connectivity index (χ1v) is 9.54. The van der Waals surface area contributed by atoms with Crippen LogP contribution in [0, 0.1) is 6.92 Å². The van der Waals surface area contributed by atoms with Crippen LogP contribution in [0.5, 0.6) is 5.75 Å². The zero-order valence-corrected chi connectivity index (χ0v) is 16.4. The molecule has 7 nitrogen and oxygen atoms in total. The van der Waals surface area contributed by atoms with Gasteiger partial charge in [-0.2, -0.15) is 0 Å². The fourth-order valence-electron chi connectivity index (χ4n) is 2.72. The summed E-state index contributed by atoms with van der Waals surface area (Å²) < 4.78 is 12.5. The highest BCUT2D eigenvalue weighted by atomic mass is 32.2. The molecule has 2 heterocycles. The third-order valence-electron chi connectivity index (χ3n) is 4.18. The number of carbonyl (C=O) groups excluding carboxylic acids is 1. The van der Waals surface area contributed by atoms with E-state index in [0.29, 0.717) is 18.1 Å². The molecule has 3 rings (SSSR count). The standard InChI is InChI=1S/C19H22N4O3S/c1-13-15(9-11-26-13)18-21-22-19(23(18)2)27-12-17(24)20-10-8-14-6-4-5-7-16(14)25-3/h4-7,9,11H,8,10,12H2,1-3H3,(H,20,24). The Balaban J connectivity index is 1.50. The van der Waals surface area contributed by atoms with Gasteiger partial charge in [-0.25, -0.2) is 0 Å². The average Bonchev–Trinajstić information content (AvgIpc) is 3.25. The van der Waals surface area contributed by atoms with Crippen LogP contribution in [0.4, 0.5) is 0 Å². The van der Waals surface area contributed by atoms with E-state index in [-0.39, 0.29) is 11.7 Å². The summed E-state index contributed by atoms with van der Waals surface area (Å²) in [7, 11) is 3.53. The Morgan fingerprint density at radius 1 is 1.30 bits per heavy atom. The molecule has 0 unspecified atom stereocenters. The normalized spacial score (nSPS) is 10.8. The Kier molecular flexibility index (Phi) is 6.18. The molecule has 1 N–H and O–H groups in total. The van der Waals surface area contributed by atoms with Crippen LogP contribution in [0.15, 0.2) is 46.2 Å². The second-order valence-corrected chi connectivity index (χ2v) is 6.90. The number of benzene rings is 1. The Morgan fingerprint density at radius 3 is 2.85 bits per heavy atom. The lowest BCUT2D eigenvalue weighted by atomic mass is 10.1. The van der Waals surface area contributed by atoms with Crippen molar-refractivity contribution in [3.05, 3.63) is 47.9 Å². The summed E-state index contributed by atoms with van der Waals surface area (Å²) >= 11 is 1.36. The Labute approximate surface area is 162 Å². The van der Waals surface area contributed by atoms with Crippen molar-refractivity contribution in [2.45, 2.75) is 18.5 Å². The number of methoxy groups -OCH3 is 1. The molecular weight excluding hydrogens is 364 g/mol. The van der Waals surface area contributed by atoms with Crippen LogP contribution >= 0.6 is 11.8 Å². The quantitative estimate of drug-likeness (QED) is 0.600. The predicted octanol–water partition coefficient (Wildman–Crippen LogP) is 2.84. The lowest BCUT2D eigenvalue weighted by Crippen LogP contribution is -2.27. The number of hydrogen-bond acceptors (Lipinski definition) is 6. The molecule has 0 saturated heterocycles. The van der Waals surface area contributed by atoms with E-state index in [1.165, 1.54) is 11.8 Å². The lowest BCUT2D eigenvalue weighted by molar-refractivity contribution is -0.118. The Hall–Kier alpha value is -2.74. The summed E-state index contributed by atoms with van der Waals surface area (Å²) in [6.07, 6.45) is 2.34. The molecule has 27 heavy (non-hydrogen) atoms. The van der Waals surface area contributed by atoms with E-state index in [0.717, 1.165) is 28.5 Å². The van der Waals surface area contributed by atoms with E-state index < -0.39 is 0 Å². The molecule has 0 fully saturated rings. The molecule has 0 aliphatic carbocycles. The minimum absolute atomic E-state index is 0.0426. The number of hydrogen-bond donors (Lipinski definition) is 1. The van der Waals surface area contributed by atoms with E-state index in [1.807, 2.05) is 48.9 Å². The highest BCUT2D eigenvalue weighted by Crippen LogP contribution is 2.25. The minimum Gasteiger partial charge on any atom is -0.496 e. The van der Waals surface area contributed by atoms with Crippen LogP contribution in [-0.4, -0.2) is 40.1 Å². The first-order valence-electron chi connectivity index (χ1n) is 8.55. The minimum atomic E-state index is -0.0426. The number of carbonyl (C=O) groups is 1. The number of rotatable bonds is 8. The van der Waals surface area contributed by atoms with Crippen LogP contribution < -0.4 is 10.1 Å². The summed E-state index contributed by atoms with van der Waals surface area (Å²) in [5, 5.41) is 12.0.